The average Bonchev–Trinajstić information content (AvgIpc) is 3.47. The number of anilines is 1. The Kier molecular flexibility index (Phi) is 5.05. The number of nitrogens with zero attached hydrogens (tertiary/aromatic N) is 5. The minimum absolute atomic E-state index is 0.239. The van der Waals surface area contributed by atoms with Gasteiger partial charge in [0.15, 0.2) is 5.82 Å². The number of benzene rings is 2. The lowest BCUT2D eigenvalue weighted by Crippen LogP contribution is -2.32. The Morgan fingerprint density at radius 1 is 1.06 bits per heavy atom. The Labute approximate surface area is 210 Å². The number of carbonyl (C=O) groups is 1. The van der Waals surface area contributed by atoms with E-state index in [1.54, 1.807) is 35.5 Å². The Bertz CT molecular complexity index is 1700. The van der Waals surface area contributed by atoms with E-state index in [0.717, 1.165) is 27.1 Å². The molecular formula is C24H13BrClN5O2S. The van der Waals surface area contributed by atoms with Crippen molar-refractivity contribution in [1.82, 2.24) is 19.6 Å². The van der Waals surface area contributed by atoms with E-state index >= 15 is 0 Å². The van der Waals surface area contributed by atoms with Crippen LogP contribution in [0.15, 0.2) is 76.3 Å². The van der Waals surface area contributed by atoms with E-state index in [9.17, 15) is 9.59 Å². The lowest BCUT2D eigenvalue weighted by Gasteiger charge is -2.17. The first-order valence-corrected chi connectivity index (χ1v) is 12.2. The van der Waals surface area contributed by atoms with Crippen molar-refractivity contribution in [2.45, 2.75) is 6.54 Å². The van der Waals surface area contributed by atoms with Gasteiger partial charge in [0, 0.05) is 33.0 Å². The molecule has 1 aliphatic rings. The second-order valence-electron chi connectivity index (χ2n) is 7.66. The van der Waals surface area contributed by atoms with Gasteiger partial charge in [0.1, 0.15) is 4.53 Å². The molecule has 0 saturated carbocycles. The standard InChI is InChI=1S/C24H13BrClN5O2S/c25-15-5-8-18-17(10-15)19(22(32)30(18)12-13-3-6-16(26)7-4-13)20-23(33)31-24(34-20)28-21(29-31)14-2-1-9-27-11-14/h1-11H,12H2/b20-19-. The molecule has 7 nitrogen and oxygen atoms in total. The number of amides is 1. The molecule has 0 unspecified atom stereocenters. The molecule has 0 spiro atoms. The Morgan fingerprint density at radius 2 is 1.88 bits per heavy atom. The van der Waals surface area contributed by atoms with Gasteiger partial charge in [-0.15, -0.1) is 5.10 Å². The van der Waals surface area contributed by atoms with E-state index in [2.05, 4.69) is 31.0 Å². The van der Waals surface area contributed by atoms with E-state index in [1.807, 2.05) is 36.4 Å². The van der Waals surface area contributed by atoms with E-state index in [0.29, 0.717) is 43.6 Å². The van der Waals surface area contributed by atoms with Gasteiger partial charge in [-0.1, -0.05) is 51.0 Å². The van der Waals surface area contributed by atoms with E-state index in [1.165, 1.54) is 4.52 Å². The normalized spacial score (nSPS) is 14.8. The van der Waals surface area contributed by atoms with Crippen LogP contribution in [-0.2, 0) is 11.3 Å². The monoisotopic (exact) mass is 549 g/mol. The molecule has 6 rings (SSSR count). The number of hydrogen-bond donors (Lipinski definition) is 0. The number of aromatic nitrogens is 4. The molecule has 0 saturated heterocycles. The molecule has 3 aromatic heterocycles. The lowest BCUT2D eigenvalue weighted by atomic mass is 10.1. The summed E-state index contributed by atoms with van der Waals surface area (Å²) in [5, 5.41) is 5.00. The van der Waals surface area contributed by atoms with Crippen molar-refractivity contribution < 1.29 is 4.79 Å². The van der Waals surface area contributed by atoms with Crippen LogP contribution in [0.25, 0.3) is 21.9 Å². The second kappa shape index (κ2) is 8.12. The van der Waals surface area contributed by atoms with Crippen LogP contribution in [0.2, 0.25) is 5.02 Å². The summed E-state index contributed by atoms with van der Waals surface area (Å²) in [4.78, 5) is 37.7. The number of halogens is 2. The molecule has 2 aromatic carbocycles. The minimum atomic E-state index is -0.370. The highest BCUT2D eigenvalue weighted by molar-refractivity contribution is 9.10. The molecule has 0 N–H and O–H groups in total. The smallest absolute Gasteiger partial charge is 0.291 e. The summed E-state index contributed by atoms with van der Waals surface area (Å²) in [6.07, 6.45) is 3.30. The van der Waals surface area contributed by atoms with Crippen molar-refractivity contribution in [3.63, 3.8) is 0 Å². The first-order valence-electron chi connectivity index (χ1n) is 10.2. The fraction of sp³-hybridized carbons (Fsp3) is 0.0417. The lowest BCUT2D eigenvalue weighted by molar-refractivity contribution is -0.113. The number of carbonyl (C=O) groups excluding carboxylic acids is 1. The topological polar surface area (TPSA) is 80.5 Å². The van der Waals surface area contributed by atoms with Crippen molar-refractivity contribution in [1.29, 1.82) is 0 Å². The van der Waals surface area contributed by atoms with E-state index < -0.39 is 0 Å². The van der Waals surface area contributed by atoms with Gasteiger partial charge in [-0.25, -0.2) is 0 Å². The molecule has 4 heterocycles. The largest absolute Gasteiger partial charge is 0.303 e. The van der Waals surface area contributed by atoms with Gasteiger partial charge in [-0.2, -0.15) is 9.50 Å². The first kappa shape index (κ1) is 21.2. The number of rotatable bonds is 3. The molecule has 34 heavy (non-hydrogen) atoms. The van der Waals surface area contributed by atoms with Crippen molar-refractivity contribution in [3.05, 3.63) is 102 Å². The highest BCUT2D eigenvalue weighted by atomic mass is 79.9. The molecular weight excluding hydrogens is 538 g/mol. The quantitative estimate of drug-likeness (QED) is 0.338. The van der Waals surface area contributed by atoms with Crippen LogP contribution in [0.4, 0.5) is 5.69 Å². The average molecular weight is 551 g/mol. The molecule has 0 radical (unpaired) electrons. The summed E-state index contributed by atoms with van der Waals surface area (Å²) in [6, 6.07) is 16.6. The molecule has 0 bridgehead atoms. The van der Waals surface area contributed by atoms with Gasteiger partial charge in [-0.05, 0) is 48.0 Å². The van der Waals surface area contributed by atoms with Crippen molar-refractivity contribution in [3.8, 4) is 11.4 Å². The van der Waals surface area contributed by atoms with Gasteiger partial charge in [0.2, 0.25) is 4.96 Å². The Hall–Kier alpha value is -3.40. The van der Waals surface area contributed by atoms with Crippen LogP contribution in [0.5, 0.6) is 0 Å². The summed E-state index contributed by atoms with van der Waals surface area (Å²) in [7, 11) is 0. The predicted molar refractivity (Wildman–Crippen MR) is 135 cm³/mol. The molecule has 5 aromatic rings. The van der Waals surface area contributed by atoms with Gasteiger partial charge >= 0.3 is 0 Å². The molecule has 0 aliphatic carbocycles. The van der Waals surface area contributed by atoms with Crippen LogP contribution in [0, 0.1) is 0 Å². The van der Waals surface area contributed by atoms with Gasteiger partial charge in [0.05, 0.1) is 17.8 Å². The van der Waals surface area contributed by atoms with Gasteiger partial charge in [-0.3, -0.25) is 14.6 Å². The number of fused-ring (bicyclic) bond motifs is 2. The number of hydrogen-bond acceptors (Lipinski definition) is 6. The van der Waals surface area contributed by atoms with E-state index in [4.69, 9.17) is 11.6 Å². The Balaban J connectivity index is 1.51. The van der Waals surface area contributed by atoms with Crippen molar-refractivity contribution in [2.24, 2.45) is 0 Å². The summed E-state index contributed by atoms with van der Waals surface area (Å²) < 4.78 is 2.38. The van der Waals surface area contributed by atoms with E-state index in [-0.39, 0.29) is 11.5 Å². The van der Waals surface area contributed by atoms with Gasteiger partial charge in [0.25, 0.3) is 11.5 Å². The fourth-order valence-electron chi connectivity index (χ4n) is 3.95. The third kappa shape index (κ3) is 3.44. The van der Waals surface area contributed by atoms with Crippen molar-refractivity contribution in [2.75, 3.05) is 4.90 Å². The summed E-state index contributed by atoms with van der Waals surface area (Å²) in [6.45, 7) is 0.355. The highest BCUT2D eigenvalue weighted by Crippen LogP contribution is 2.38. The van der Waals surface area contributed by atoms with Crippen molar-refractivity contribution >= 4 is 61.0 Å². The van der Waals surface area contributed by atoms with Crippen LogP contribution < -0.4 is 15.0 Å². The van der Waals surface area contributed by atoms with Gasteiger partial charge < -0.3 is 4.90 Å². The van der Waals surface area contributed by atoms with Crippen LogP contribution in [0.3, 0.4) is 0 Å². The third-order valence-corrected chi connectivity index (χ3v) is 7.31. The zero-order valence-corrected chi connectivity index (χ0v) is 20.4. The third-order valence-electron chi connectivity index (χ3n) is 5.54. The molecule has 0 fully saturated rings. The maximum absolute atomic E-state index is 13.6. The second-order valence-corrected chi connectivity index (χ2v) is 9.99. The summed E-state index contributed by atoms with van der Waals surface area (Å²) in [5.41, 5.74) is 3.07. The molecule has 1 aliphatic heterocycles. The van der Waals surface area contributed by atoms with Crippen LogP contribution >= 0.6 is 38.9 Å². The van der Waals surface area contributed by atoms with Crippen LogP contribution in [0.1, 0.15) is 11.1 Å². The first-order chi connectivity index (χ1) is 16.5. The Morgan fingerprint density at radius 3 is 2.62 bits per heavy atom. The number of pyridine rings is 1. The minimum Gasteiger partial charge on any atom is -0.303 e. The molecule has 0 atom stereocenters. The molecule has 166 valence electrons. The predicted octanol–water partition coefficient (Wildman–Crippen LogP) is 4.09. The molecule has 1 amide bonds. The summed E-state index contributed by atoms with van der Waals surface area (Å²) in [5.74, 6) is 0.176. The zero-order valence-electron chi connectivity index (χ0n) is 17.3. The SMILES string of the molecule is O=C1/C(=c2\sc3nc(-c4cccnc4)nn3c2=O)c2cc(Br)ccc2N1Cc1ccc(Cl)cc1. The summed E-state index contributed by atoms with van der Waals surface area (Å²) >= 11 is 10.7. The maximum atomic E-state index is 13.6. The number of thiazole rings is 1. The maximum Gasteiger partial charge on any atom is 0.291 e. The highest BCUT2D eigenvalue weighted by Gasteiger charge is 2.34. The molecule has 10 heteroatoms. The fourth-order valence-corrected chi connectivity index (χ4v) is 5.44. The van der Waals surface area contributed by atoms with Crippen LogP contribution in [-0.4, -0.2) is 25.5 Å². The zero-order chi connectivity index (χ0) is 23.4.